The Kier molecular flexibility index (Phi) is 5.88. The van der Waals surface area contributed by atoms with Gasteiger partial charge >= 0.3 is 5.97 Å². The lowest BCUT2D eigenvalue weighted by molar-refractivity contribution is 0.0524. The molecule has 0 aliphatic rings. The molecule has 2 aromatic heterocycles. The highest BCUT2D eigenvalue weighted by Gasteiger charge is 2.20. The predicted molar refractivity (Wildman–Crippen MR) is 104 cm³/mol. The molecule has 3 aromatic rings. The molecule has 0 aliphatic heterocycles. The zero-order valence-corrected chi connectivity index (χ0v) is 15.9. The first-order valence-electron chi connectivity index (χ1n) is 8.88. The van der Waals surface area contributed by atoms with Crippen LogP contribution in [0.25, 0.3) is 16.7 Å². The summed E-state index contributed by atoms with van der Waals surface area (Å²) in [6.07, 6.45) is 1.14. The van der Waals surface area contributed by atoms with Gasteiger partial charge in [-0.15, -0.1) is 0 Å². The number of hydrogen-bond donors (Lipinski definition) is 1. The molecule has 7 nitrogen and oxygen atoms in total. The van der Waals surface area contributed by atoms with Crippen LogP contribution in [0.4, 0.5) is 14.6 Å². The molecule has 0 spiro atoms. The van der Waals surface area contributed by atoms with Crippen molar-refractivity contribution in [2.24, 2.45) is 0 Å². The highest BCUT2D eigenvalue weighted by molar-refractivity contribution is 5.93. The number of anilines is 1. The summed E-state index contributed by atoms with van der Waals surface area (Å²) in [4.78, 5) is 31.1. The van der Waals surface area contributed by atoms with Gasteiger partial charge in [-0.25, -0.2) is 18.6 Å². The normalized spacial score (nSPS) is 10.9. The summed E-state index contributed by atoms with van der Waals surface area (Å²) in [5, 5.41) is 9.21. The monoisotopic (exact) mass is 403 g/mol. The van der Waals surface area contributed by atoms with Crippen molar-refractivity contribution in [3.8, 4) is 5.69 Å². The smallest absolute Gasteiger partial charge is 0.343 e. The van der Waals surface area contributed by atoms with Crippen molar-refractivity contribution in [1.82, 2.24) is 9.55 Å². The third kappa shape index (κ3) is 3.95. The zero-order chi connectivity index (χ0) is 21.1. The Hall–Kier alpha value is -3.33. The Balaban J connectivity index is 2.34. The van der Waals surface area contributed by atoms with Crippen LogP contribution in [0.3, 0.4) is 0 Å². The number of benzene rings is 1. The van der Waals surface area contributed by atoms with Crippen molar-refractivity contribution < 1.29 is 23.4 Å². The second-order valence-electron chi connectivity index (χ2n) is 6.24. The maximum atomic E-state index is 14.5. The fourth-order valence-electron chi connectivity index (χ4n) is 2.88. The van der Waals surface area contributed by atoms with Gasteiger partial charge in [0.25, 0.3) is 0 Å². The molecule has 0 fully saturated rings. The van der Waals surface area contributed by atoms with E-state index in [1.54, 1.807) is 24.9 Å². The zero-order valence-electron chi connectivity index (χ0n) is 15.9. The molecular formula is C20H19F2N3O4. The summed E-state index contributed by atoms with van der Waals surface area (Å²) in [6.45, 7) is 1.83. The van der Waals surface area contributed by atoms with Crippen molar-refractivity contribution in [2.75, 3.05) is 31.7 Å². The van der Waals surface area contributed by atoms with Crippen LogP contribution in [0.1, 0.15) is 17.3 Å². The number of fused-ring (bicyclic) bond motifs is 1. The number of halogens is 2. The van der Waals surface area contributed by atoms with E-state index >= 15 is 0 Å². The summed E-state index contributed by atoms with van der Waals surface area (Å²) in [5.41, 5.74) is -0.908. The van der Waals surface area contributed by atoms with E-state index in [1.807, 2.05) is 0 Å². The standard InChI is InChI=1S/C20H19F2N3O4/c1-3-29-20(28)14-11-25(16-6-4-12(21)10-15(16)22)19-13(18(14)27)5-7-17(23-19)24(2)8-9-26/h4-7,10-11,26H,3,8-9H2,1-2H3. The number of carbonyl (C=O) groups excluding carboxylic acids is 1. The van der Waals surface area contributed by atoms with Crippen LogP contribution in [-0.4, -0.2) is 47.4 Å². The molecule has 152 valence electrons. The Labute approximate surface area is 164 Å². The Bertz CT molecular complexity index is 1130. The van der Waals surface area contributed by atoms with Gasteiger partial charge in [-0.3, -0.25) is 9.36 Å². The van der Waals surface area contributed by atoms with Gasteiger partial charge in [0.2, 0.25) is 5.43 Å². The Morgan fingerprint density at radius 2 is 2.03 bits per heavy atom. The number of pyridine rings is 2. The fourth-order valence-corrected chi connectivity index (χ4v) is 2.88. The lowest BCUT2D eigenvalue weighted by Crippen LogP contribution is -2.24. The first-order valence-corrected chi connectivity index (χ1v) is 8.88. The van der Waals surface area contributed by atoms with Crippen molar-refractivity contribution in [3.63, 3.8) is 0 Å². The average molecular weight is 403 g/mol. The predicted octanol–water partition coefficient (Wildman–Crippen LogP) is 2.27. The Morgan fingerprint density at radius 1 is 1.28 bits per heavy atom. The maximum absolute atomic E-state index is 14.5. The van der Waals surface area contributed by atoms with Crippen LogP contribution >= 0.6 is 0 Å². The maximum Gasteiger partial charge on any atom is 0.343 e. The van der Waals surface area contributed by atoms with Gasteiger partial charge in [-0.05, 0) is 31.2 Å². The van der Waals surface area contributed by atoms with Gasteiger partial charge in [0, 0.05) is 25.9 Å². The lowest BCUT2D eigenvalue weighted by Gasteiger charge is -2.19. The molecule has 0 unspecified atom stereocenters. The molecule has 3 rings (SSSR count). The summed E-state index contributed by atoms with van der Waals surface area (Å²) in [6, 6.07) is 5.97. The number of aliphatic hydroxyl groups is 1. The molecule has 29 heavy (non-hydrogen) atoms. The molecule has 0 bridgehead atoms. The van der Waals surface area contributed by atoms with Crippen molar-refractivity contribution in [1.29, 1.82) is 0 Å². The van der Waals surface area contributed by atoms with Gasteiger partial charge in [0.15, 0.2) is 5.65 Å². The number of aliphatic hydroxyl groups excluding tert-OH is 1. The van der Waals surface area contributed by atoms with E-state index < -0.39 is 23.0 Å². The SMILES string of the molecule is CCOC(=O)c1cn(-c2ccc(F)cc2F)c2nc(N(C)CCO)ccc2c1=O. The number of aromatic nitrogens is 2. The lowest BCUT2D eigenvalue weighted by atomic mass is 10.1. The third-order valence-corrected chi connectivity index (χ3v) is 4.33. The van der Waals surface area contributed by atoms with E-state index in [0.717, 1.165) is 12.3 Å². The first kappa shape index (κ1) is 20.4. The molecular weight excluding hydrogens is 384 g/mol. The second-order valence-corrected chi connectivity index (χ2v) is 6.24. The number of rotatable bonds is 6. The van der Waals surface area contributed by atoms with E-state index in [1.165, 1.54) is 16.7 Å². The van der Waals surface area contributed by atoms with Gasteiger partial charge in [0.1, 0.15) is 23.0 Å². The summed E-state index contributed by atoms with van der Waals surface area (Å²) < 4.78 is 34.0. The van der Waals surface area contributed by atoms with E-state index in [2.05, 4.69) is 4.98 Å². The summed E-state index contributed by atoms with van der Waals surface area (Å²) >= 11 is 0. The molecule has 0 aliphatic carbocycles. The van der Waals surface area contributed by atoms with E-state index in [9.17, 15) is 18.4 Å². The minimum Gasteiger partial charge on any atom is -0.462 e. The highest BCUT2D eigenvalue weighted by Crippen LogP contribution is 2.22. The van der Waals surface area contributed by atoms with Crippen molar-refractivity contribution in [3.05, 3.63) is 63.9 Å². The highest BCUT2D eigenvalue weighted by atomic mass is 19.1. The molecule has 1 aromatic carbocycles. The van der Waals surface area contributed by atoms with Crippen LogP contribution in [0.15, 0.2) is 41.3 Å². The van der Waals surface area contributed by atoms with E-state index in [4.69, 9.17) is 9.84 Å². The summed E-state index contributed by atoms with van der Waals surface area (Å²) in [5.74, 6) is -2.08. The van der Waals surface area contributed by atoms with Crippen LogP contribution in [0, 0.1) is 11.6 Å². The molecule has 0 atom stereocenters. The van der Waals surface area contributed by atoms with Crippen molar-refractivity contribution >= 4 is 22.8 Å². The minimum absolute atomic E-state index is 0.0599. The molecule has 1 N–H and O–H groups in total. The van der Waals surface area contributed by atoms with Crippen LogP contribution in [0.5, 0.6) is 0 Å². The van der Waals surface area contributed by atoms with Gasteiger partial charge < -0.3 is 14.7 Å². The van der Waals surface area contributed by atoms with Gasteiger partial charge in [-0.1, -0.05) is 0 Å². The average Bonchev–Trinajstić information content (AvgIpc) is 2.69. The van der Waals surface area contributed by atoms with Gasteiger partial charge in [-0.2, -0.15) is 0 Å². The number of nitrogens with zero attached hydrogens (tertiary/aromatic N) is 3. The quantitative estimate of drug-likeness (QED) is 0.636. The largest absolute Gasteiger partial charge is 0.462 e. The number of hydrogen-bond acceptors (Lipinski definition) is 6. The van der Waals surface area contributed by atoms with Crippen molar-refractivity contribution in [2.45, 2.75) is 6.92 Å². The van der Waals surface area contributed by atoms with Crippen LogP contribution < -0.4 is 10.3 Å². The number of carbonyl (C=O) groups is 1. The number of likely N-dealkylation sites (N-methyl/N-ethyl adjacent to an activating group) is 1. The third-order valence-electron chi connectivity index (χ3n) is 4.33. The molecule has 9 heteroatoms. The molecule has 0 saturated carbocycles. The van der Waals surface area contributed by atoms with E-state index in [-0.39, 0.29) is 42.0 Å². The summed E-state index contributed by atoms with van der Waals surface area (Å²) in [7, 11) is 1.69. The van der Waals surface area contributed by atoms with Crippen LogP contribution in [-0.2, 0) is 4.74 Å². The number of ether oxygens (including phenoxy) is 1. The van der Waals surface area contributed by atoms with E-state index in [0.29, 0.717) is 11.9 Å². The minimum atomic E-state index is -0.888. The topological polar surface area (TPSA) is 84.7 Å². The molecule has 0 saturated heterocycles. The first-order chi connectivity index (χ1) is 13.9. The fraction of sp³-hybridized carbons (Fsp3) is 0.250. The molecule has 2 heterocycles. The number of esters is 1. The molecule has 0 radical (unpaired) electrons. The Morgan fingerprint density at radius 3 is 2.69 bits per heavy atom. The second kappa shape index (κ2) is 8.36. The molecule has 0 amide bonds. The van der Waals surface area contributed by atoms with Gasteiger partial charge in [0.05, 0.1) is 24.3 Å². The van der Waals surface area contributed by atoms with Crippen LogP contribution in [0.2, 0.25) is 0 Å².